The van der Waals surface area contributed by atoms with Gasteiger partial charge in [-0.2, -0.15) is 8.42 Å². The largest absolute Gasteiger partial charge is 0.737 e. The lowest BCUT2D eigenvalue weighted by molar-refractivity contribution is -0.870. The third-order valence-electron chi connectivity index (χ3n) is 16.9. The van der Waals surface area contributed by atoms with Crippen LogP contribution in [0.2, 0.25) is 0 Å². The van der Waals surface area contributed by atoms with Crippen LogP contribution in [0.15, 0.2) is 89.5 Å². The molecule has 7 rings (SSSR count). The molecular weight excluding hydrogens is 1410 g/mol. The van der Waals surface area contributed by atoms with Gasteiger partial charge >= 0.3 is 13.1 Å². The number of carbonyl (C=O) groups excluding carboxylic acids is 4. The van der Waals surface area contributed by atoms with Crippen LogP contribution in [0.3, 0.4) is 0 Å². The Morgan fingerprint density at radius 3 is 2.14 bits per heavy atom. The van der Waals surface area contributed by atoms with E-state index in [-0.39, 0.29) is 79.8 Å². The van der Waals surface area contributed by atoms with Crippen molar-refractivity contribution in [3.8, 4) is 29.0 Å². The highest BCUT2D eigenvalue weighted by molar-refractivity contribution is 7.94. The summed E-state index contributed by atoms with van der Waals surface area (Å²) in [5.74, 6) is -2.05. The number of nitrogens with one attached hydrogen (secondary N) is 3. The van der Waals surface area contributed by atoms with Crippen molar-refractivity contribution in [3.05, 3.63) is 133 Å². The average Bonchev–Trinajstić information content (AvgIpc) is 1.56. The molecule has 0 radical (unpaired) electrons. The first-order valence-electron chi connectivity index (χ1n) is 33.8. The third-order valence-corrected chi connectivity index (χ3v) is 19.2. The molecule has 103 heavy (non-hydrogen) atoms. The summed E-state index contributed by atoms with van der Waals surface area (Å²) in [5.41, 5.74) is 2.28. The van der Waals surface area contributed by atoms with Crippen LogP contribution in [0.25, 0.3) is 18.2 Å². The van der Waals surface area contributed by atoms with Crippen LogP contribution >= 0.6 is 23.4 Å². The Kier molecular flexibility index (Phi) is 30.1. The van der Waals surface area contributed by atoms with Crippen LogP contribution < -0.4 is 35.0 Å². The molecule has 0 aliphatic carbocycles. The number of hydrogen-bond acceptors (Lipinski definition) is 21. The molecule has 3 aromatic heterocycles. The van der Waals surface area contributed by atoms with E-state index >= 15 is 8.63 Å². The van der Waals surface area contributed by atoms with Crippen LogP contribution in [0, 0.1) is 10.1 Å². The second-order valence-corrected chi connectivity index (χ2v) is 30.4. The number of ether oxygens (including phenoxy) is 4. The Morgan fingerprint density at radius 1 is 0.835 bits per heavy atom. The number of aromatic hydroxyl groups is 2. The summed E-state index contributed by atoms with van der Waals surface area (Å²) < 4.78 is 99.0. The Labute approximate surface area is 606 Å². The minimum absolute atomic E-state index is 0.0137. The van der Waals surface area contributed by atoms with Crippen molar-refractivity contribution in [1.29, 1.82) is 0 Å². The minimum Gasteiger partial charge on any atom is -0.494 e. The number of hydrogen-bond donors (Lipinski definition) is 7. The zero-order valence-electron chi connectivity index (χ0n) is 59.4. The maximum Gasteiger partial charge on any atom is 0.737 e. The van der Waals surface area contributed by atoms with Crippen molar-refractivity contribution >= 4 is 94.0 Å². The normalized spacial score (nSPS) is 14.5. The van der Waals surface area contributed by atoms with Crippen molar-refractivity contribution < 1.29 is 108 Å². The van der Waals surface area contributed by atoms with Gasteiger partial charge in [-0.15, -0.1) is 20.4 Å². The zero-order chi connectivity index (χ0) is 75.2. The highest BCUT2D eigenvalue weighted by Crippen LogP contribution is 2.42. The lowest BCUT2D eigenvalue weighted by Crippen LogP contribution is -2.54. The molecule has 2 aromatic carbocycles. The predicted octanol–water partition coefficient (Wildman–Crippen LogP) is 8.87. The van der Waals surface area contributed by atoms with Crippen molar-refractivity contribution in [2.24, 2.45) is 0 Å². The van der Waals surface area contributed by atoms with E-state index in [4.69, 9.17) is 29.0 Å². The number of amides is 3. The molecule has 2 aliphatic heterocycles. The molecule has 2 aliphatic rings. The number of benzene rings is 2. The maximum atomic E-state index is 17.5. The lowest BCUT2D eigenvalue weighted by atomic mass is 9.88. The van der Waals surface area contributed by atoms with E-state index in [2.05, 4.69) is 67.6 Å². The molecular formula is C68H95BF2N10O19S3+2. The van der Waals surface area contributed by atoms with Crippen LogP contribution in [-0.4, -0.2) is 223 Å². The number of fused-ring (bicyclic) bond motifs is 2. The van der Waals surface area contributed by atoms with Crippen LogP contribution in [-0.2, 0) is 45.0 Å². The molecule has 0 saturated heterocycles. The molecule has 5 heterocycles. The van der Waals surface area contributed by atoms with Crippen molar-refractivity contribution in [3.63, 3.8) is 0 Å². The van der Waals surface area contributed by atoms with Gasteiger partial charge in [0.15, 0.2) is 22.9 Å². The summed E-state index contributed by atoms with van der Waals surface area (Å²) in [5, 5.41) is 54.8. The molecule has 35 heteroatoms. The molecule has 29 nitrogen and oxygen atoms in total. The molecule has 3 atom stereocenters. The number of nitro benzene ring substituents is 1. The number of unbranched alkanes of at least 4 members (excludes halogenated alkanes) is 2. The number of halogens is 2. The van der Waals surface area contributed by atoms with Gasteiger partial charge in [0.2, 0.25) is 29.5 Å². The van der Waals surface area contributed by atoms with Crippen LogP contribution in [0.4, 0.5) is 19.1 Å². The summed E-state index contributed by atoms with van der Waals surface area (Å²) in [6.45, 7) is -0.568. The van der Waals surface area contributed by atoms with Gasteiger partial charge in [0.25, 0.3) is 15.8 Å². The van der Waals surface area contributed by atoms with Gasteiger partial charge in [0.1, 0.15) is 30.5 Å². The fraction of sp³-hybridized carbons (Fsp3) is 0.485. The second kappa shape index (κ2) is 37.9. The summed E-state index contributed by atoms with van der Waals surface area (Å²) >= 11 is 2.20. The van der Waals surface area contributed by atoms with E-state index in [9.17, 15) is 52.5 Å². The van der Waals surface area contributed by atoms with E-state index < -0.39 is 81.4 Å². The number of nitro groups is 1. The molecule has 0 fully saturated rings. The van der Waals surface area contributed by atoms with Crippen LogP contribution in [0.1, 0.15) is 117 Å². The fourth-order valence-corrected chi connectivity index (χ4v) is 13.3. The minimum atomic E-state index is -4.54. The highest BCUT2D eigenvalue weighted by Gasteiger charge is 2.55. The van der Waals surface area contributed by atoms with E-state index in [1.807, 2.05) is 10.3 Å². The van der Waals surface area contributed by atoms with E-state index in [1.165, 1.54) is 31.4 Å². The van der Waals surface area contributed by atoms with Crippen molar-refractivity contribution in [2.75, 3.05) is 114 Å². The molecule has 7 N–H and O–H groups in total. The SMILES string of the molecule is COc1cc(C(C)OC(=O)On2c(O)ccc2O)c([N+](=O)[O-])cc1OCCN(C)CCNC(=O)C(CCCC[N+](C)(C)C)NC(=O)C(CCCC[N+](C)(C)C)NC(=O)CCCOc1ccc(C=Cc2cc(CCCS(=O)(=O)O)c3n2[B-](F)(F)[N+]2=C(c4cccs4)C=C(CCCSOOO)C2=C3)cc1. The Morgan fingerprint density at radius 2 is 1.51 bits per heavy atom. The maximum absolute atomic E-state index is 17.5. The van der Waals surface area contributed by atoms with Gasteiger partial charge in [-0.05, 0) is 138 Å². The number of rotatable bonds is 44. The number of carbonyl (C=O) groups is 4. The first kappa shape index (κ1) is 81.9. The van der Waals surface area contributed by atoms with Gasteiger partial charge in [-0.3, -0.25) is 33.9 Å². The van der Waals surface area contributed by atoms with Gasteiger partial charge < -0.3 is 76.6 Å². The summed E-state index contributed by atoms with van der Waals surface area (Å²) in [6, 6.07) is 14.8. The lowest BCUT2D eigenvalue weighted by Gasteiger charge is -2.31. The van der Waals surface area contributed by atoms with Gasteiger partial charge in [0.05, 0.1) is 96.3 Å². The molecule has 564 valence electrons. The number of aromatic nitrogens is 2. The quantitative estimate of drug-likeness (QED) is 0.00220. The van der Waals surface area contributed by atoms with Gasteiger partial charge in [-0.25, -0.2) is 10.1 Å². The average molecular weight is 1500 g/mol. The second-order valence-electron chi connectivity index (χ2n) is 27.1. The monoisotopic (exact) mass is 1500 g/mol. The smallest absolute Gasteiger partial charge is 0.494 e. The summed E-state index contributed by atoms with van der Waals surface area (Å²) in [7, 11) is 11.2. The van der Waals surface area contributed by atoms with E-state index in [0.29, 0.717) is 110 Å². The number of aryl methyl sites for hydroxylation is 1. The first-order valence-corrected chi connectivity index (χ1v) is 37.2. The standard InChI is InChI=1S/C68H93BF2N10O19S3/c1-47(97-68(87)98-78-64(83)30-31-65(78)84)53-44-60(94-9)61(46-58(53)79(88)89)96-38-34-75(2)33-32-72-66(85)54(20-10-12-35-80(3,4)5)74-67(86)55(21-11-13-36-81(6,7)8)73-63(82)23-14-37-95-52-28-25-48(26-29-52)24-27-51-42-49(19-17-41-103(91,92)93)56-45-57-50(18-15-40-102-100-99-90)43-59(62-22-16-39-101-62)77(57)69(70,71)76(51)56/h16,22,24-31,39,42-47,54-55H,10-15,17-21,23,32-38,40-41H2,1-9H3,(H5-2,72,73,74,82,83,84,85,86,90,91,92,93)/p+2. The Balaban J connectivity index is 0.946. The molecule has 0 bridgehead atoms. The third kappa shape index (κ3) is 24.9. The number of likely N-dealkylation sites (N-methyl/N-ethyl adjacent to an activating group) is 1. The van der Waals surface area contributed by atoms with Crippen molar-refractivity contribution in [1.82, 2.24) is 30.1 Å². The van der Waals surface area contributed by atoms with Gasteiger partial charge in [0, 0.05) is 85.1 Å². The van der Waals surface area contributed by atoms with Crippen molar-refractivity contribution in [2.45, 2.75) is 102 Å². The number of thiophene rings is 1. The Hall–Kier alpha value is -8.39. The van der Waals surface area contributed by atoms with Gasteiger partial charge in [-0.1, -0.05) is 29.3 Å². The molecule has 3 amide bonds. The number of allylic oxidation sites excluding steroid dienone is 2. The number of methoxy groups -OCH3 is 1. The molecule has 0 spiro atoms. The zero-order valence-corrected chi connectivity index (χ0v) is 61.9. The van der Waals surface area contributed by atoms with E-state index in [0.717, 1.165) is 65.1 Å². The molecule has 3 unspecified atom stereocenters. The summed E-state index contributed by atoms with van der Waals surface area (Å²) in [6.07, 6.45) is 8.76. The van der Waals surface area contributed by atoms with Crippen LogP contribution in [0.5, 0.6) is 29.0 Å². The predicted molar refractivity (Wildman–Crippen MR) is 386 cm³/mol. The Bertz CT molecular complexity index is 3950. The fourth-order valence-electron chi connectivity index (χ4n) is 11.7. The highest BCUT2D eigenvalue weighted by atomic mass is 32.2. The number of nitrogens with zero attached hydrogens (tertiary/aromatic N) is 7. The number of quaternary nitrogens is 2. The topological polar surface area (TPSA) is 343 Å². The van der Waals surface area contributed by atoms with E-state index in [1.54, 1.807) is 73.8 Å². The summed E-state index contributed by atoms with van der Waals surface area (Å²) in [4.78, 5) is 73.4. The first-order chi connectivity index (χ1) is 48.7. The molecule has 5 aromatic rings. The molecule has 0 saturated carbocycles.